The number of aryl methyl sites for hydroxylation is 2. The maximum absolute atomic E-state index is 13.9. The quantitative estimate of drug-likeness (QED) is 0.435. The smallest absolute Gasteiger partial charge is 0.363 e. The molecule has 32 heavy (non-hydrogen) atoms. The molecule has 0 fully saturated rings. The number of hydrogen-bond acceptors (Lipinski definition) is 3. The van der Waals surface area contributed by atoms with Gasteiger partial charge in [0.15, 0.2) is 11.7 Å². The van der Waals surface area contributed by atoms with Gasteiger partial charge in [0.25, 0.3) is 5.91 Å². The van der Waals surface area contributed by atoms with Gasteiger partial charge in [0.2, 0.25) is 0 Å². The second-order valence-electron chi connectivity index (χ2n) is 7.78. The van der Waals surface area contributed by atoms with Crippen LogP contribution in [0.1, 0.15) is 45.7 Å². The highest BCUT2D eigenvalue weighted by molar-refractivity contribution is 6.42. The third-order valence-corrected chi connectivity index (χ3v) is 6.27. The molecular weight excluding hydrogens is 464 g/mol. The fraction of sp³-hybridized carbons (Fsp3) is 0.273. The van der Waals surface area contributed by atoms with Crippen molar-refractivity contribution in [2.24, 2.45) is 0 Å². The Bertz CT molecular complexity index is 1190. The molecular formula is C22H19Cl2F3N4O. The van der Waals surface area contributed by atoms with Crippen molar-refractivity contribution in [3.8, 4) is 0 Å². The first kappa shape index (κ1) is 22.5. The zero-order valence-corrected chi connectivity index (χ0v) is 18.6. The Balaban J connectivity index is 1.64. The summed E-state index contributed by atoms with van der Waals surface area (Å²) < 4.78 is 42.4. The summed E-state index contributed by atoms with van der Waals surface area (Å²) in [6.07, 6.45) is -4.87. The molecule has 0 aliphatic carbocycles. The Kier molecular flexibility index (Phi) is 5.85. The largest absolute Gasteiger partial charge is 0.410 e. The number of aromatic nitrogens is 2. The third-order valence-electron chi connectivity index (χ3n) is 5.53. The number of carbonyl (C=O) groups is 1. The molecule has 2 aromatic carbocycles. The summed E-state index contributed by atoms with van der Waals surface area (Å²) in [5.74, 6) is -0.496. The molecule has 0 saturated heterocycles. The minimum Gasteiger partial charge on any atom is -0.363 e. The van der Waals surface area contributed by atoms with Gasteiger partial charge in [-0.3, -0.25) is 4.79 Å². The molecule has 10 heteroatoms. The molecule has 4 rings (SSSR count). The molecule has 2 atom stereocenters. The first-order chi connectivity index (χ1) is 15.0. The van der Waals surface area contributed by atoms with Crippen LogP contribution in [0.15, 0.2) is 42.5 Å². The standard InChI is InChI=1S/C22H19Cl2F3N4O/c1-11-3-5-14(7-12(11)2)28-21(32)18-10-20-29-17(13-4-6-15(23)16(24)8-13)9-19(22(25,26)27)31(20)30-18/h3-8,10,17,19,29H,9H2,1-2H3,(H,28,32)/t17-,19-/m0/s1. The maximum atomic E-state index is 13.9. The Hall–Kier alpha value is -2.71. The Morgan fingerprint density at radius 3 is 2.50 bits per heavy atom. The SMILES string of the molecule is Cc1ccc(NC(=O)c2cc3n(n2)[C@H](C(F)(F)F)C[C@@H](c2ccc(Cl)c(Cl)c2)N3)cc1C. The van der Waals surface area contributed by atoms with Crippen molar-refractivity contribution in [2.75, 3.05) is 10.6 Å². The summed E-state index contributed by atoms with van der Waals surface area (Å²) in [6.45, 7) is 3.85. The molecule has 1 aliphatic heterocycles. The lowest BCUT2D eigenvalue weighted by molar-refractivity contribution is -0.173. The van der Waals surface area contributed by atoms with Gasteiger partial charge in [0.1, 0.15) is 5.82 Å². The predicted octanol–water partition coefficient (Wildman–Crippen LogP) is 6.72. The van der Waals surface area contributed by atoms with Gasteiger partial charge in [0, 0.05) is 18.2 Å². The second kappa shape index (κ2) is 8.33. The van der Waals surface area contributed by atoms with E-state index in [-0.39, 0.29) is 23.0 Å². The van der Waals surface area contributed by atoms with E-state index in [9.17, 15) is 18.0 Å². The second-order valence-corrected chi connectivity index (χ2v) is 8.59. The van der Waals surface area contributed by atoms with Gasteiger partial charge >= 0.3 is 6.18 Å². The van der Waals surface area contributed by atoms with Crippen LogP contribution in [-0.2, 0) is 0 Å². The molecule has 168 valence electrons. The molecule has 1 aromatic heterocycles. The zero-order chi connectivity index (χ0) is 23.2. The summed E-state index contributed by atoms with van der Waals surface area (Å²) >= 11 is 12.0. The van der Waals surface area contributed by atoms with Crippen LogP contribution in [0.3, 0.4) is 0 Å². The number of benzene rings is 2. The molecule has 1 amide bonds. The highest BCUT2D eigenvalue weighted by atomic mass is 35.5. The first-order valence-electron chi connectivity index (χ1n) is 9.79. The van der Waals surface area contributed by atoms with Gasteiger partial charge in [-0.25, -0.2) is 4.68 Å². The number of hydrogen-bond donors (Lipinski definition) is 2. The predicted molar refractivity (Wildman–Crippen MR) is 119 cm³/mol. The number of fused-ring (bicyclic) bond motifs is 1. The van der Waals surface area contributed by atoms with Crippen molar-refractivity contribution in [2.45, 2.75) is 38.5 Å². The highest BCUT2D eigenvalue weighted by Crippen LogP contribution is 2.44. The number of carbonyl (C=O) groups excluding carboxylic acids is 1. The lowest BCUT2D eigenvalue weighted by atomic mass is 9.97. The summed E-state index contributed by atoms with van der Waals surface area (Å²) in [5.41, 5.74) is 3.02. The van der Waals surface area contributed by atoms with E-state index in [1.54, 1.807) is 18.2 Å². The molecule has 0 bridgehead atoms. The molecule has 0 saturated carbocycles. The average molecular weight is 483 g/mol. The van der Waals surface area contributed by atoms with E-state index in [4.69, 9.17) is 23.2 Å². The number of amides is 1. The van der Waals surface area contributed by atoms with Crippen molar-refractivity contribution >= 4 is 40.6 Å². The lowest BCUT2D eigenvalue weighted by Gasteiger charge is -2.33. The molecule has 0 unspecified atom stereocenters. The number of halogens is 5. The Morgan fingerprint density at radius 2 is 1.84 bits per heavy atom. The van der Waals surface area contributed by atoms with Crippen LogP contribution in [-0.4, -0.2) is 21.9 Å². The number of anilines is 2. The van der Waals surface area contributed by atoms with E-state index >= 15 is 0 Å². The molecule has 0 spiro atoms. The highest BCUT2D eigenvalue weighted by Gasteiger charge is 2.46. The third kappa shape index (κ3) is 4.42. The van der Waals surface area contributed by atoms with Crippen LogP contribution < -0.4 is 10.6 Å². The number of rotatable bonds is 3. The fourth-order valence-electron chi connectivity index (χ4n) is 3.65. The summed E-state index contributed by atoms with van der Waals surface area (Å²) in [5, 5.41) is 10.3. The lowest BCUT2D eigenvalue weighted by Crippen LogP contribution is -2.35. The topological polar surface area (TPSA) is 59.0 Å². The normalized spacial score (nSPS) is 18.1. The van der Waals surface area contributed by atoms with Gasteiger partial charge in [-0.05, 0) is 54.8 Å². The van der Waals surface area contributed by atoms with Gasteiger partial charge in [-0.15, -0.1) is 0 Å². The Morgan fingerprint density at radius 1 is 1.09 bits per heavy atom. The fourth-order valence-corrected chi connectivity index (χ4v) is 3.95. The van der Waals surface area contributed by atoms with Gasteiger partial charge in [-0.2, -0.15) is 18.3 Å². The van der Waals surface area contributed by atoms with Crippen LogP contribution in [0, 0.1) is 13.8 Å². The molecule has 0 radical (unpaired) electrons. The van der Waals surface area contributed by atoms with E-state index in [2.05, 4.69) is 15.7 Å². The van der Waals surface area contributed by atoms with Crippen molar-refractivity contribution in [3.63, 3.8) is 0 Å². The Labute approximate surface area is 192 Å². The van der Waals surface area contributed by atoms with Crippen molar-refractivity contribution < 1.29 is 18.0 Å². The van der Waals surface area contributed by atoms with E-state index < -0.39 is 24.2 Å². The van der Waals surface area contributed by atoms with E-state index in [1.807, 2.05) is 19.9 Å². The number of alkyl halides is 3. The van der Waals surface area contributed by atoms with Crippen LogP contribution in [0.25, 0.3) is 0 Å². The molecule has 3 aromatic rings. The van der Waals surface area contributed by atoms with Gasteiger partial charge < -0.3 is 10.6 Å². The molecule has 5 nitrogen and oxygen atoms in total. The maximum Gasteiger partial charge on any atom is 0.410 e. The van der Waals surface area contributed by atoms with Gasteiger partial charge in [-0.1, -0.05) is 35.3 Å². The molecule has 1 aliphatic rings. The summed E-state index contributed by atoms with van der Waals surface area (Å²) in [6, 6.07) is 8.81. The first-order valence-corrected chi connectivity index (χ1v) is 10.5. The van der Waals surface area contributed by atoms with E-state index in [0.717, 1.165) is 15.8 Å². The van der Waals surface area contributed by atoms with Crippen molar-refractivity contribution in [1.82, 2.24) is 9.78 Å². The van der Waals surface area contributed by atoms with Crippen LogP contribution in [0.5, 0.6) is 0 Å². The van der Waals surface area contributed by atoms with Crippen LogP contribution >= 0.6 is 23.2 Å². The summed E-state index contributed by atoms with van der Waals surface area (Å²) in [4.78, 5) is 12.7. The van der Waals surface area contributed by atoms with E-state index in [0.29, 0.717) is 16.3 Å². The zero-order valence-electron chi connectivity index (χ0n) is 17.1. The van der Waals surface area contributed by atoms with Crippen molar-refractivity contribution in [1.29, 1.82) is 0 Å². The number of nitrogens with one attached hydrogen (secondary N) is 2. The minimum atomic E-state index is -4.56. The summed E-state index contributed by atoms with van der Waals surface area (Å²) in [7, 11) is 0. The molecule has 2 heterocycles. The monoisotopic (exact) mass is 482 g/mol. The van der Waals surface area contributed by atoms with E-state index in [1.165, 1.54) is 18.2 Å². The van der Waals surface area contributed by atoms with Crippen LogP contribution in [0.4, 0.5) is 24.7 Å². The van der Waals surface area contributed by atoms with Gasteiger partial charge in [0.05, 0.1) is 16.1 Å². The number of nitrogens with zero attached hydrogens (tertiary/aromatic N) is 2. The van der Waals surface area contributed by atoms with Crippen molar-refractivity contribution in [3.05, 3.63) is 74.9 Å². The average Bonchev–Trinajstić information content (AvgIpc) is 3.15. The minimum absolute atomic E-state index is 0.0971. The van der Waals surface area contributed by atoms with Crippen LogP contribution in [0.2, 0.25) is 10.0 Å². The molecule has 2 N–H and O–H groups in total.